The van der Waals surface area contributed by atoms with Crippen molar-refractivity contribution in [1.82, 2.24) is 45.0 Å². The maximum atomic E-state index is 13.5. The Kier molecular flexibility index (Phi) is 10.3. The molecule has 0 unspecified atom stereocenters. The zero-order valence-electron chi connectivity index (χ0n) is 32.1. The van der Waals surface area contributed by atoms with Crippen molar-refractivity contribution in [2.45, 2.75) is 96.7 Å². The molecule has 3 N–H and O–H groups in total. The van der Waals surface area contributed by atoms with Gasteiger partial charge < -0.3 is 20.3 Å². The van der Waals surface area contributed by atoms with Gasteiger partial charge in [0.25, 0.3) is 5.91 Å². The van der Waals surface area contributed by atoms with E-state index >= 15 is 0 Å². The van der Waals surface area contributed by atoms with Crippen molar-refractivity contribution < 1.29 is 14.3 Å². The first-order valence-electron chi connectivity index (χ1n) is 18.3. The molecular weight excluding hydrogens is 656 g/mol. The highest BCUT2D eigenvalue weighted by Gasteiger charge is 2.32. The number of carbonyl (C=O) groups excluding carboxylic acids is 2. The van der Waals surface area contributed by atoms with Gasteiger partial charge in [0.1, 0.15) is 23.5 Å². The number of pyridine rings is 1. The van der Waals surface area contributed by atoms with Crippen molar-refractivity contribution in [2.75, 3.05) is 45.1 Å². The smallest absolute Gasteiger partial charge is 0.320 e. The molecule has 0 bridgehead atoms. The number of nitrogens with one attached hydrogen (secondary N) is 3. The van der Waals surface area contributed by atoms with E-state index in [2.05, 4.69) is 93.6 Å². The van der Waals surface area contributed by atoms with Gasteiger partial charge in [0.05, 0.1) is 17.9 Å². The van der Waals surface area contributed by atoms with Crippen LogP contribution in [0, 0.1) is 0 Å². The molecule has 1 aliphatic heterocycles. The van der Waals surface area contributed by atoms with Crippen LogP contribution in [-0.2, 0) is 10.8 Å². The van der Waals surface area contributed by atoms with Gasteiger partial charge in [0.2, 0.25) is 5.82 Å². The van der Waals surface area contributed by atoms with E-state index in [1.54, 1.807) is 6.07 Å². The van der Waals surface area contributed by atoms with Crippen LogP contribution in [0.5, 0.6) is 5.75 Å². The zero-order valence-corrected chi connectivity index (χ0v) is 32.1. The number of anilines is 1. The Bertz CT molecular complexity index is 1920. The highest BCUT2D eigenvalue weighted by molar-refractivity contribution is 5.92. The number of carbonyl (C=O) groups is 2. The molecule has 13 heteroatoms. The molecule has 6 rings (SSSR count). The quantitative estimate of drug-likeness (QED) is 0.212. The normalized spacial score (nSPS) is 18.9. The standard InChI is InChI=1S/C39H54N10O3/c1-37(2,3)30-22-31(43-33(42-30)34(50)40-24-39(7,8)48-20-18-47(9)19-21-48)44-36(51)41-28-15-16-29(27-13-11-10-12-26(27)28)52-25-14-17-32-45-46-35(38(4,5)6)49(32)23-25/h10-14,17,22-23,28-29H,15-16,18-21,24H2,1-9H3,(H,40,50)(H2,41,42,43,44,51)/t28-,29+/m0/s1. The first-order valence-corrected chi connectivity index (χ1v) is 18.3. The van der Waals surface area contributed by atoms with E-state index in [0.29, 0.717) is 25.1 Å². The van der Waals surface area contributed by atoms with Crippen molar-refractivity contribution in [2.24, 2.45) is 0 Å². The van der Waals surface area contributed by atoms with E-state index in [-0.39, 0.29) is 46.1 Å². The third-order valence-electron chi connectivity index (χ3n) is 10.0. The molecule has 0 radical (unpaired) electrons. The summed E-state index contributed by atoms with van der Waals surface area (Å²) < 4.78 is 8.56. The number of likely N-dealkylation sites (N-methyl/N-ethyl adjacent to an activating group) is 1. The van der Waals surface area contributed by atoms with Crippen LogP contribution in [0.25, 0.3) is 5.65 Å². The number of aromatic nitrogens is 5. The van der Waals surface area contributed by atoms with E-state index in [9.17, 15) is 9.59 Å². The van der Waals surface area contributed by atoms with Crippen LogP contribution in [0.2, 0.25) is 0 Å². The number of rotatable bonds is 8. The molecule has 1 fully saturated rings. The molecule has 13 nitrogen and oxygen atoms in total. The first kappa shape index (κ1) is 37.1. The molecule has 1 aliphatic carbocycles. The molecule has 3 aromatic heterocycles. The third-order valence-corrected chi connectivity index (χ3v) is 10.0. The Morgan fingerprint density at radius 1 is 0.865 bits per heavy atom. The second kappa shape index (κ2) is 14.4. The van der Waals surface area contributed by atoms with Crippen LogP contribution in [0.15, 0.2) is 48.7 Å². The number of benzene rings is 1. The number of hydrogen-bond acceptors (Lipinski definition) is 9. The van der Waals surface area contributed by atoms with Crippen LogP contribution in [0.3, 0.4) is 0 Å². The number of fused-ring (bicyclic) bond motifs is 2. The number of piperazine rings is 1. The minimum atomic E-state index is -0.409. The number of urea groups is 1. The lowest BCUT2D eigenvalue weighted by molar-refractivity contribution is 0.0585. The maximum absolute atomic E-state index is 13.5. The van der Waals surface area contributed by atoms with Crippen LogP contribution in [-0.4, -0.2) is 91.6 Å². The van der Waals surface area contributed by atoms with Crippen molar-refractivity contribution in [3.8, 4) is 5.75 Å². The highest BCUT2D eigenvalue weighted by atomic mass is 16.5. The molecular formula is C39H54N10O3. The Morgan fingerprint density at radius 3 is 2.27 bits per heavy atom. The molecule has 2 atom stereocenters. The number of nitrogens with zero attached hydrogens (tertiary/aromatic N) is 7. The van der Waals surface area contributed by atoms with Crippen molar-refractivity contribution >= 4 is 23.4 Å². The lowest BCUT2D eigenvalue weighted by Crippen LogP contribution is -2.57. The SMILES string of the molecule is CN1CCN(C(C)(C)CNC(=O)c2nc(NC(=O)N[C@H]3CC[C@@H](Oc4ccc5nnc(C(C)(C)C)n5c4)c4ccccc43)cc(C(C)(C)C)n2)CC1. The van der Waals surface area contributed by atoms with Crippen LogP contribution < -0.4 is 20.7 Å². The van der Waals surface area contributed by atoms with E-state index in [1.165, 1.54) is 0 Å². The summed E-state index contributed by atoms with van der Waals surface area (Å²) in [4.78, 5) is 40.8. The molecule has 4 aromatic rings. The molecule has 52 heavy (non-hydrogen) atoms. The fraction of sp³-hybridized carbons (Fsp3) is 0.538. The summed E-state index contributed by atoms with van der Waals surface area (Å²) in [6.07, 6.45) is 3.13. The van der Waals surface area contributed by atoms with Crippen LogP contribution in [0.4, 0.5) is 10.6 Å². The lowest BCUT2D eigenvalue weighted by Gasteiger charge is -2.43. The Hall–Kier alpha value is -4.62. The predicted molar refractivity (Wildman–Crippen MR) is 202 cm³/mol. The third kappa shape index (κ3) is 8.36. The van der Waals surface area contributed by atoms with Crippen molar-refractivity contribution in [3.63, 3.8) is 0 Å². The van der Waals surface area contributed by atoms with Gasteiger partial charge in [0, 0.05) is 55.2 Å². The largest absolute Gasteiger partial charge is 0.484 e. The predicted octanol–water partition coefficient (Wildman–Crippen LogP) is 5.65. The van der Waals surface area contributed by atoms with Crippen molar-refractivity contribution in [1.29, 1.82) is 0 Å². The highest BCUT2D eigenvalue weighted by Crippen LogP contribution is 2.39. The van der Waals surface area contributed by atoms with Gasteiger partial charge in [-0.3, -0.25) is 19.4 Å². The fourth-order valence-corrected chi connectivity index (χ4v) is 6.85. The number of ether oxygens (including phenoxy) is 1. The van der Waals surface area contributed by atoms with Crippen LogP contribution >= 0.6 is 0 Å². The zero-order chi connectivity index (χ0) is 37.4. The Balaban J connectivity index is 1.14. The minimum absolute atomic E-state index is 0.0270. The van der Waals surface area contributed by atoms with Gasteiger partial charge >= 0.3 is 6.03 Å². The average molecular weight is 711 g/mol. The van der Waals surface area contributed by atoms with Crippen molar-refractivity contribution in [3.05, 3.63) is 77.1 Å². The van der Waals surface area contributed by atoms with E-state index < -0.39 is 6.03 Å². The summed E-state index contributed by atoms with van der Waals surface area (Å²) in [5.41, 5.74) is 2.65. The van der Waals surface area contributed by atoms with Gasteiger partial charge in [-0.2, -0.15) is 0 Å². The summed E-state index contributed by atoms with van der Waals surface area (Å²) in [6.45, 7) is 21.0. The lowest BCUT2D eigenvalue weighted by atomic mass is 9.85. The summed E-state index contributed by atoms with van der Waals surface area (Å²) in [5, 5.41) is 17.8. The summed E-state index contributed by atoms with van der Waals surface area (Å²) in [7, 11) is 2.13. The Morgan fingerprint density at radius 2 is 1.58 bits per heavy atom. The Labute approximate surface area is 306 Å². The summed E-state index contributed by atoms with van der Waals surface area (Å²) in [5.74, 6) is 1.51. The molecule has 2 aliphatic rings. The molecule has 1 aromatic carbocycles. The van der Waals surface area contributed by atoms with E-state index in [4.69, 9.17) is 4.74 Å². The summed E-state index contributed by atoms with van der Waals surface area (Å²) >= 11 is 0. The van der Waals surface area contributed by atoms with Gasteiger partial charge in [0.15, 0.2) is 5.65 Å². The van der Waals surface area contributed by atoms with Gasteiger partial charge in [-0.1, -0.05) is 65.8 Å². The number of amides is 3. The average Bonchev–Trinajstić information content (AvgIpc) is 3.52. The topological polar surface area (TPSA) is 142 Å². The minimum Gasteiger partial charge on any atom is -0.484 e. The molecule has 0 spiro atoms. The molecule has 0 saturated carbocycles. The van der Waals surface area contributed by atoms with E-state index in [0.717, 1.165) is 54.5 Å². The second-order valence-electron chi connectivity index (χ2n) is 16.8. The maximum Gasteiger partial charge on any atom is 0.320 e. The second-order valence-corrected chi connectivity index (χ2v) is 16.8. The molecule has 278 valence electrons. The van der Waals surface area contributed by atoms with Crippen LogP contribution in [0.1, 0.15) is 114 Å². The van der Waals surface area contributed by atoms with Gasteiger partial charge in [-0.25, -0.2) is 14.8 Å². The fourth-order valence-electron chi connectivity index (χ4n) is 6.85. The van der Waals surface area contributed by atoms with E-state index in [1.807, 2.05) is 61.7 Å². The molecule has 1 saturated heterocycles. The molecule has 3 amide bonds. The summed E-state index contributed by atoms with van der Waals surface area (Å²) in [6, 6.07) is 13.0. The number of hydrogen-bond donors (Lipinski definition) is 3. The van der Waals surface area contributed by atoms with Gasteiger partial charge in [-0.15, -0.1) is 10.2 Å². The first-order chi connectivity index (χ1) is 24.5. The molecule has 4 heterocycles. The monoisotopic (exact) mass is 710 g/mol. The van der Waals surface area contributed by atoms with Gasteiger partial charge in [-0.05, 0) is 57.0 Å².